The molecule has 0 radical (unpaired) electrons. The Bertz CT molecular complexity index is 590. The Balaban J connectivity index is 2.15. The number of para-hydroxylation sites is 1. The van der Waals surface area contributed by atoms with E-state index in [1.54, 1.807) is 6.20 Å². The van der Waals surface area contributed by atoms with E-state index in [0.29, 0.717) is 0 Å². The summed E-state index contributed by atoms with van der Waals surface area (Å²) in [6, 6.07) is 9.99. The molecule has 86 valence electrons. The quantitative estimate of drug-likeness (QED) is 0.575. The molecule has 17 heavy (non-hydrogen) atoms. The molecular formula is C14H15N2O+. The van der Waals surface area contributed by atoms with Gasteiger partial charge in [-0.05, 0) is 30.7 Å². The summed E-state index contributed by atoms with van der Waals surface area (Å²) in [5.41, 5.74) is 3.25. The van der Waals surface area contributed by atoms with Crippen molar-refractivity contribution < 1.29 is 9.94 Å². The zero-order valence-electron chi connectivity index (χ0n) is 9.56. The van der Waals surface area contributed by atoms with Crippen molar-refractivity contribution in [2.24, 2.45) is 0 Å². The standard InChI is InChI=1S/C14H15N2O/c17-16-10-13(11-5-7-15-8-6-11)9-12-3-1-2-4-14(12)16/h1-5,9-10,15,17H,6-8H2/q+1. The smallest absolute Gasteiger partial charge is 0.264 e. The summed E-state index contributed by atoms with van der Waals surface area (Å²) in [5, 5.41) is 14.3. The van der Waals surface area contributed by atoms with E-state index in [9.17, 15) is 5.21 Å². The van der Waals surface area contributed by atoms with Gasteiger partial charge in [0.2, 0.25) is 6.20 Å². The summed E-state index contributed by atoms with van der Waals surface area (Å²) in [5.74, 6) is 0. The molecule has 0 spiro atoms. The van der Waals surface area contributed by atoms with Crippen molar-refractivity contribution in [2.75, 3.05) is 13.1 Å². The van der Waals surface area contributed by atoms with Crippen LogP contribution in [0.4, 0.5) is 0 Å². The third kappa shape index (κ3) is 1.89. The molecule has 0 atom stereocenters. The van der Waals surface area contributed by atoms with Gasteiger partial charge in [0.25, 0.3) is 5.52 Å². The van der Waals surface area contributed by atoms with E-state index in [2.05, 4.69) is 17.5 Å². The number of hydrogen-bond acceptors (Lipinski definition) is 2. The molecule has 2 N–H and O–H groups in total. The number of nitrogens with one attached hydrogen (secondary N) is 1. The van der Waals surface area contributed by atoms with Gasteiger partial charge >= 0.3 is 0 Å². The van der Waals surface area contributed by atoms with E-state index in [1.807, 2.05) is 24.3 Å². The van der Waals surface area contributed by atoms with Gasteiger partial charge in [0, 0.05) is 22.9 Å². The number of benzene rings is 1. The summed E-state index contributed by atoms with van der Waals surface area (Å²) in [4.78, 5) is 0. The fourth-order valence-electron chi connectivity index (χ4n) is 2.28. The number of nitrogens with zero attached hydrogens (tertiary/aromatic N) is 1. The summed E-state index contributed by atoms with van der Waals surface area (Å²) in [7, 11) is 0. The number of aromatic nitrogens is 1. The Morgan fingerprint density at radius 2 is 2.12 bits per heavy atom. The lowest BCUT2D eigenvalue weighted by molar-refractivity contribution is -0.884. The van der Waals surface area contributed by atoms with Crippen molar-refractivity contribution in [3.05, 3.63) is 48.2 Å². The van der Waals surface area contributed by atoms with Crippen molar-refractivity contribution in [3.8, 4) is 0 Å². The molecule has 0 fully saturated rings. The Labute approximate surface area is 100.0 Å². The Kier molecular flexibility index (Phi) is 2.53. The van der Waals surface area contributed by atoms with Gasteiger partial charge in [-0.2, -0.15) is 0 Å². The first-order chi connectivity index (χ1) is 8.34. The topological polar surface area (TPSA) is 36.1 Å². The van der Waals surface area contributed by atoms with Gasteiger partial charge in [-0.3, -0.25) is 5.21 Å². The minimum Gasteiger partial charge on any atom is -0.313 e. The molecule has 1 aliphatic rings. The minimum absolute atomic E-state index is 0.839. The molecule has 0 saturated carbocycles. The highest BCUT2D eigenvalue weighted by atomic mass is 16.5. The third-order valence-electron chi connectivity index (χ3n) is 3.19. The molecule has 3 rings (SSSR count). The highest BCUT2D eigenvalue weighted by Crippen LogP contribution is 2.21. The molecule has 0 unspecified atom stereocenters. The van der Waals surface area contributed by atoms with Crippen LogP contribution in [0.5, 0.6) is 0 Å². The lowest BCUT2D eigenvalue weighted by Gasteiger charge is -2.13. The van der Waals surface area contributed by atoms with Crippen molar-refractivity contribution in [1.29, 1.82) is 0 Å². The Morgan fingerprint density at radius 1 is 1.24 bits per heavy atom. The lowest BCUT2D eigenvalue weighted by atomic mass is 10.0. The van der Waals surface area contributed by atoms with Gasteiger partial charge in [0.05, 0.1) is 5.39 Å². The molecule has 0 bridgehead atoms. The third-order valence-corrected chi connectivity index (χ3v) is 3.19. The maximum atomic E-state index is 9.96. The zero-order valence-corrected chi connectivity index (χ0v) is 9.56. The maximum absolute atomic E-state index is 9.96. The van der Waals surface area contributed by atoms with Crippen molar-refractivity contribution >= 4 is 16.5 Å². The average Bonchev–Trinajstić information content (AvgIpc) is 2.40. The average molecular weight is 227 g/mol. The number of hydrogen-bond donors (Lipinski definition) is 2. The number of rotatable bonds is 1. The van der Waals surface area contributed by atoms with Gasteiger partial charge in [-0.1, -0.05) is 18.2 Å². The van der Waals surface area contributed by atoms with Crippen LogP contribution in [0.1, 0.15) is 12.0 Å². The SMILES string of the molecule is O[n+]1cc(C2=CCNCC2)cc2ccccc21. The maximum Gasteiger partial charge on any atom is 0.264 e. The first-order valence-corrected chi connectivity index (χ1v) is 5.88. The fourth-order valence-corrected chi connectivity index (χ4v) is 2.28. The van der Waals surface area contributed by atoms with Crippen LogP contribution in [-0.4, -0.2) is 18.3 Å². The molecule has 0 amide bonds. The number of pyridine rings is 1. The second kappa shape index (κ2) is 4.18. The van der Waals surface area contributed by atoms with E-state index >= 15 is 0 Å². The summed E-state index contributed by atoms with van der Waals surface area (Å²) in [6.07, 6.45) is 4.99. The molecule has 3 nitrogen and oxygen atoms in total. The van der Waals surface area contributed by atoms with Crippen LogP contribution in [0.2, 0.25) is 0 Å². The summed E-state index contributed by atoms with van der Waals surface area (Å²) < 4.78 is 1.22. The fraction of sp³-hybridized carbons (Fsp3) is 0.214. The van der Waals surface area contributed by atoms with Gasteiger partial charge in [-0.15, -0.1) is 0 Å². The summed E-state index contributed by atoms with van der Waals surface area (Å²) in [6.45, 7) is 1.91. The molecule has 2 aromatic rings. The normalized spacial score (nSPS) is 15.9. The summed E-state index contributed by atoms with van der Waals surface area (Å²) >= 11 is 0. The highest BCUT2D eigenvalue weighted by Gasteiger charge is 2.14. The first-order valence-electron chi connectivity index (χ1n) is 5.88. The molecular weight excluding hydrogens is 212 g/mol. The molecule has 3 heteroatoms. The van der Waals surface area contributed by atoms with Crippen molar-refractivity contribution in [2.45, 2.75) is 6.42 Å². The molecule has 1 aromatic carbocycles. The van der Waals surface area contributed by atoms with Gasteiger partial charge in [-0.25, -0.2) is 0 Å². The predicted octanol–water partition coefficient (Wildman–Crippen LogP) is 1.74. The molecule has 1 aliphatic heterocycles. The van der Waals surface area contributed by atoms with E-state index in [-0.39, 0.29) is 0 Å². The van der Waals surface area contributed by atoms with E-state index in [0.717, 1.165) is 36.0 Å². The molecule has 2 heterocycles. The monoisotopic (exact) mass is 227 g/mol. The van der Waals surface area contributed by atoms with Crippen molar-refractivity contribution in [1.82, 2.24) is 5.32 Å². The van der Waals surface area contributed by atoms with E-state index in [1.165, 1.54) is 10.3 Å². The van der Waals surface area contributed by atoms with Crippen LogP contribution in [0.15, 0.2) is 42.6 Å². The molecule has 0 aliphatic carbocycles. The van der Waals surface area contributed by atoms with E-state index < -0.39 is 0 Å². The second-order valence-electron chi connectivity index (χ2n) is 4.32. The van der Waals surface area contributed by atoms with Crippen LogP contribution >= 0.6 is 0 Å². The van der Waals surface area contributed by atoms with Crippen LogP contribution in [0.25, 0.3) is 16.5 Å². The van der Waals surface area contributed by atoms with Crippen LogP contribution in [0.3, 0.4) is 0 Å². The Hall–Kier alpha value is -1.87. The lowest BCUT2D eigenvalue weighted by Crippen LogP contribution is -2.31. The van der Waals surface area contributed by atoms with Gasteiger partial charge < -0.3 is 5.32 Å². The second-order valence-corrected chi connectivity index (χ2v) is 4.32. The number of fused-ring (bicyclic) bond motifs is 1. The highest BCUT2D eigenvalue weighted by molar-refractivity contribution is 5.80. The zero-order chi connectivity index (χ0) is 11.7. The molecule has 1 aromatic heterocycles. The van der Waals surface area contributed by atoms with E-state index in [4.69, 9.17) is 0 Å². The molecule has 0 saturated heterocycles. The van der Waals surface area contributed by atoms with Crippen LogP contribution < -0.4 is 10.0 Å². The Morgan fingerprint density at radius 3 is 2.94 bits per heavy atom. The van der Waals surface area contributed by atoms with Crippen molar-refractivity contribution in [3.63, 3.8) is 0 Å². The van der Waals surface area contributed by atoms with Gasteiger partial charge in [0.15, 0.2) is 0 Å². The predicted molar refractivity (Wildman–Crippen MR) is 66.8 cm³/mol. The van der Waals surface area contributed by atoms with Gasteiger partial charge in [0.1, 0.15) is 0 Å². The largest absolute Gasteiger partial charge is 0.313 e. The minimum atomic E-state index is 0.839. The first kappa shape index (κ1) is 10.3. The van der Waals surface area contributed by atoms with Crippen LogP contribution in [0, 0.1) is 0 Å². The van der Waals surface area contributed by atoms with Crippen LogP contribution in [-0.2, 0) is 0 Å².